The number of carbonyl (C=O) groups excluding carboxylic acids is 1. The molecule has 2 aromatic carbocycles. The summed E-state index contributed by atoms with van der Waals surface area (Å²) in [4.78, 5) is 12.5. The molecule has 0 amide bonds. The van der Waals surface area contributed by atoms with Crippen molar-refractivity contribution in [2.75, 3.05) is 19.8 Å². The van der Waals surface area contributed by atoms with Gasteiger partial charge in [-0.1, -0.05) is 18.7 Å². The molecular weight excluding hydrogens is 340 g/mol. The smallest absolute Gasteiger partial charge is 0.185 e. The Kier molecular flexibility index (Phi) is 7.68. The molecule has 0 aliphatic rings. The molecule has 0 aromatic heterocycles. The fourth-order valence-electron chi connectivity index (χ4n) is 2.59. The highest BCUT2D eigenvalue weighted by Gasteiger charge is 2.12. The van der Waals surface area contributed by atoms with Crippen LogP contribution in [0.4, 0.5) is 0 Å². The standard InChI is InChI=1S/C23H26O4/c1-5-16-27-19-11-9-18(10-12-19)21(24)14-13-20-22(25-6-2)15-8-17(4)23(20)26-7-3/h5,8-15H,1,6-7,16H2,2-4H3. The number of ketones is 1. The number of allylic oxidation sites excluding steroid dienone is 1. The number of benzene rings is 2. The Bertz CT molecular complexity index is 804. The first-order valence-electron chi connectivity index (χ1n) is 9.06. The van der Waals surface area contributed by atoms with Gasteiger partial charge < -0.3 is 14.2 Å². The van der Waals surface area contributed by atoms with Gasteiger partial charge in [-0.05, 0) is 68.8 Å². The topological polar surface area (TPSA) is 44.8 Å². The zero-order chi connectivity index (χ0) is 19.6. The fourth-order valence-corrected chi connectivity index (χ4v) is 2.59. The Balaban J connectivity index is 2.26. The summed E-state index contributed by atoms with van der Waals surface area (Å²) < 4.78 is 16.9. The van der Waals surface area contributed by atoms with Gasteiger partial charge in [-0.25, -0.2) is 0 Å². The van der Waals surface area contributed by atoms with Gasteiger partial charge in [0.1, 0.15) is 23.9 Å². The van der Waals surface area contributed by atoms with Crippen molar-refractivity contribution in [2.24, 2.45) is 0 Å². The van der Waals surface area contributed by atoms with Crippen LogP contribution in [0.3, 0.4) is 0 Å². The van der Waals surface area contributed by atoms with Crippen molar-refractivity contribution in [3.05, 3.63) is 71.8 Å². The van der Waals surface area contributed by atoms with E-state index in [1.807, 2.05) is 32.9 Å². The maximum absolute atomic E-state index is 12.5. The van der Waals surface area contributed by atoms with Gasteiger partial charge in [0.25, 0.3) is 0 Å². The van der Waals surface area contributed by atoms with Crippen LogP contribution in [-0.2, 0) is 0 Å². The quantitative estimate of drug-likeness (QED) is 0.327. The molecule has 2 aromatic rings. The summed E-state index contributed by atoms with van der Waals surface area (Å²) in [6.45, 7) is 11.0. The number of rotatable bonds is 10. The normalized spacial score (nSPS) is 10.6. The lowest BCUT2D eigenvalue weighted by Crippen LogP contribution is -2.01. The highest BCUT2D eigenvalue weighted by molar-refractivity contribution is 6.07. The van der Waals surface area contributed by atoms with Gasteiger partial charge >= 0.3 is 0 Å². The average Bonchev–Trinajstić information content (AvgIpc) is 2.68. The molecule has 2 rings (SSSR count). The third kappa shape index (κ3) is 5.48. The predicted octanol–water partition coefficient (Wildman–Crippen LogP) is 5.25. The molecule has 0 bridgehead atoms. The second-order valence-electron chi connectivity index (χ2n) is 5.81. The Morgan fingerprint density at radius 3 is 2.33 bits per heavy atom. The summed E-state index contributed by atoms with van der Waals surface area (Å²) in [5, 5.41) is 0. The van der Waals surface area contributed by atoms with E-state index in [1.165, 1.54) is 0 Å². The van der Waals surface area contributed by atoms with E-state index in [2.05, 4.69) is 6.58 Å². The van der Waals surface area contributed by atoms with E-state index in [1.54, 1.807) is 42.5 Å². The van der Waals surface area contributed by atoms with Gasteiger partial charge in [0.05, 0.1) is 18.8 Å². The van der Waals surface area contributed by atoms with Crippen molar-refractivity contribution in [1.29, 1.82) is 0 Å². The maximum atomic E-state index is 12.5. The van der Waals surface area contributed by atoms with Crippen LogP contribution in [0, 0.1) is 6.92 Å². The molecule has 0 fully saturated rings. The van der Waals surface area contributed by atoms with Crippen LogP contribution >= 0.6 is 0 Å². The molecule has 0 aliphatic carbocycles. The van der Waals surface area contributed by atoms with E-state index in [9.17, 15) is 4.79 Å². The highest BCUT2D eigenvalue weighted by atomic mass is 16.5. The van der Waals surface area contributed by atoms with Crippen molar-refractivity contribution in [3.8, 4) is 17.2 Å². The van der Waals surface area contributed by atoms with E-state index < -0.39 is 0 Å². The van der Waals surface area contributed by atoms with Crippen LogP contribution in [-0.4, -0.2) is 25.6 Å². The number of carbonyl (C=O) groups is 1. The molecule has 0 N–H and O–H groups in total. The molecule has 0 saturated carbocycles. The first-order chi connectivity index (χ1) is 13.1. The van der Waals surface area contributed by atoms with Gasteiger partial charge in [-0.15, -0.1) is 0 Å². The maximum Gasteiger partial charge on any atom is 0.185 e. The van der Waals surface area contributed by atoms with E-state index in [0.717, 1.165) is 16.9 Å². The van der Waals surface area contributed by atoms with E-state index in [-0.39, 0.29) is 5.78 Å². The van der Waals surface area contributed by atoms with Crippen LogP contribution in [0.5, 0.6) is 17.2 Å². The molecule has 0 spiro atoms. The minimum atomic E-state index is -0.100. The Labute approximate surface area is 161 Å². The van der Waals surface area contributed by atoms with E-state index >= 15 is 0 Å². The molecule has 0 radical (unpaired) electrons. The molecular formula is C23H26O4. The summed E-state index contributed by atoms with van der Waals surface area (Å²) in [7, 11) is 0. The largest absolute Gasteiger partial charge is 0.493 e. The highest BCUT2D eigenvalue weighted by Crippen LogP contribution is 2.33. The second kappa shape index (κ2) is 10.2. The monoisotopic (exact) mass is 366 g/mol. The first kappa shape index (κ1) is 20.3. The van der Waals surface area contributed by atoms with E-state index in [0.29, 0.717) is 36.9 Å². The summed E-state index contributed by atoms with van der Waals surface area (Å²) in [6.07, 6.45) is 4.97. The number of hydrogen-bond acceptors (Lipinski definition) is 4. The molecule has 27 heavy (non-hydrogen) atoms. The number of aryl methyl sites for hydroxylation is 1. The first-order valence-corrected chi connectivity index (χ1v) is 9.06. The van der Waals surface area contributed by atoms with Crippen LogP contribution in [0.25, 0.3) is 6.08 Å². The third-order valence-electron chi connectivity index (χ3n) is 3.85. The van der Waals surface area contributed by atoms with Crippen molar-refractivity contribution in [1.82, 2.24) is 0 Å². The summed E-state index contributed by atoms with van der Waals surface area (Å²) >= 11 is 0. The molecule has 4 heteroatoms. The second-order valence-corrected chi connectivity index (χ2v) is 5.81. The lowest BCUT2D eigenvalue weighted by Gasteiger charge is -2.15. The fraction of sp³-hybridized carbons (Fsp3) is 0.261. The van der Waals surface area contributed by atoms with Crippen LogP contribution < -0.4 is 14.2 Å². The molecule has 0 aliphatic heterocycles. The lowest BCUT2D eigenvalue weighted by molar-refractivity contribution is 0.104. The Hall–Kier alpha value is -3.01. The zero-order valence-corrected chi connectivity index (χ0v) is 16.2. The zero-order valence-electron chi connectivity index (χ0n) is 16.2. The number of ether oxygens (including phenoxy) is 3. The van der Waals surface area contributed by atoms with Gasteiger partial charge in [0.2, 0.25) is 0 Å². The Morgan fingerprint density at radius 1 is 1.00 bits per heavy atom. The molecule has 0 heterocycles. The predicted molar refractivity (Wildman–Crippen MR) is 109 cm³/mol. The lowest BCUT2D eigenvalue weighted by atomic mass is 10.1. The average molecular weight is 366 g/mol. The van der Waals surface area contributed by atoms with Gasteiger partial charge in [0.15, 0.2) is 5.78 Å². The van der Waals surface area contributed by atoms with Gasteiger partial charge in [0, 0.05) is 5.56 Å². The number of hydrogen-bond donors (Lipinski definition) is 0. The molecule has 0 atom stereocenters. The minimum Gasteiger partial charge on any atom is -0.493 e. The summed E-state index contributed by atoms with van der Waals surface area (Å²) in [5.74, 6) is 2.03. The van der Waals surface area contributed by atoms with E-state index in [4.69, 9.17) is 14.2 Å². The van der Waals surface area contributed by atoms with Crippen LogP contribution in [0.15, 0.2) is 55.1 Å². The van der Waals surface area contributed by atoms with Gasteiger partial charge in [-0.2, -0.15) is 0 Å². The van der Waals surface area contributed by atoms with Crippen LogP contribution in [0.1, 0.15) is 35.3 Å². The van der Waals surface area contributed by atoms with Gasteiger partial charge in [-0.3, -0.25) is 4.79 Å². The molecule has 4 nitrogen and oxygen atoms in total. The molecule has 0 saturated heterocycles. The van der Waals surface area contributed by atoms with Crippen molar-refractivity contribution in [2.45, 2.75) is 20.8 Å². The summed E-state index contributed by atoms with van der Waals surface area (Å²) in [6, 6.07) is 10.9. The SMILES string of the molecule is C=CCOc1ccc(C(=O)C=Cc2c(OCC)ccc(C)c2OCC)cc1. The van der Waals surface area contributed by atoms with Crippen molar-refractivity contribution in [3.63, 3.8) is 0 Å². The Morgan fingerprint density at radius 2 is 1.70 bits per heavy atom. The van der Waals surface area contributed by atoms with Crippen molar-refractivity contribution >= 4 is 11.9 Å². The summed E-state index contributed by atoms with van der Waals surface area (Å²) in [5.41, 5.74) is 2.36. The van der Waals surface area contributed by atoms with Crippen molar-refractivity contribution < 1.29 is 19.0 Å². The van der Waals surface area contributed by atoms with Crippen LogP contribution in [0.2, 0.25) is 0 Å². The molecule has 0 unspecified atom stereocenters. The minimum absolute atomic E-state index is 0.100. The third-order valence-corrected chi connectivity index (χ3v) is 3.85. The molecule has 142 valence electrons.